The topological polar surface area (TPSA) is 35.5 Å². The lowest BCUT2D eigenvalue weighted by molar-refractivity contribution is -0.461. The Balaban J connectivity index is 1.96. The van der Waals surface area contributed by atoms with E-state index in [0.717, 1.165) is 17.2 Å². The van der Waals surface area contributed by atoms with Crippen molar-refractivity contribution in [3.05, 3.63) is 66.2 Å². The average Bonchev–Trinajstić information content (AvgIpc) is 2.51. The van der Waals surface area contributed by atoms with E-state index in [1.165, 1.54) is 6.08 Å². The third-order valence-electron chi connectivity index (χ3n) is 2.65. The summed E-state index contributed by atoms with van der Waals surface area (Å²) < 4.78 is 35.0. The van der Waals surface area contributed by atoms with Gasteiger partial charge in [-0.2, -0.15) is 0 Å². The van der Waals surface area contributed by atoms with Gasteiger partial charge in [0.1, 0.15) is 0 Å². The Morgan fingerprint density at radius 1 is 0.909 bits per heavy atom. The summed E-state index contributed by atoms with van der Waals surface area (Å²) in [5.41, 5.74) is 2.67. The minimum absolute atomic E-state index is 0.642. The molecule has 22 heavy (non-hydrogen) atoms. The van der Waals surface area contributed by atoms with E-state index in [0.29, 0.717) is 5.56 Å². The summed E-state index contributed by atoms with van der Waals surface area (Å²) in [5, 5.41) is 0. The van der Waals surface area contributed by atoms with Gasteiger partial charge in [-0.1, -0.05) is 59.5 Å². The fourth-order valence-corrected chi connectivity index (χ4v) is 1.70. The van der Waals surface area contributed by atoms with Gasteiger partial charge in [0.25, 0.3) is 0 Å². The van der Waals surface area contributed by atoms with Gasteiger partial charge in [-0.05, 0) is 22.8 Å². The van der Waals surface area contributed by atoms with Crippen LogP contribution in [0.3, 0.4) is 0 Å². The normalized spacial score (nSPS) is 11.6. The van der Waals surface area contributed by atoms with Crippen LogP contribution in [0.1, 0.15) is 5.56 Å². The monoisotopic (exact) mass is 308 g/mol. The second kappa shape index (κ2) is 6.91. The first kappa shape index (κ1) is 15.8. The maximum Gasteiger partial charge on any atom is 0.558 e. The van der Waals surface area contributed by atoms with Crippen molar-refractivity contribution in [3.63, 3.8) is 0 Å². The van der Waals surface area contributed by atoms with Crippen LogP contribution in [0.25, 0.3) is 17.2 Å². The molecule has 0 aliphatic rings. The summed E-state index contributed by atoms with van der Waals surface area (Å²) in [4.78, 5) is 17.5. The van der Waals surface area contributed by atoms with Crippen molar-refractivity contribution < 1.29 is 27.7 Å². The molecule has 6 heteroatoms. The summed E-state index contributed by atoms with van der Waals surface area (Å²) in [6.07, 6.45) is -2.83. The molecule has 2 rings (SSSR count). The smallest absolute Gasteiger partial charge is 0.285 e. The molecule has 0 unspecified atom stereocenters. The van der Waals surface area contributed by atoms with Crippen LogP contribution in [0.15, 0.2) is 60.7 Å². The number of rotatable bonds is 4. The molecular weight excluding hydrogens is 297 g/mol. The van der Waals surface area contributed by atoms with Crippen LogP contribution in [0.5, 0.6) is 0 Å². The summed E-state index contributed by atoms with van der Waals surface area (Å²) in [6.45, 7) is 0. The van der Waals surface area contributed by atoms with Crippen molar-refractivity contribution in [3.8, 4) is 11.1 Å². The standard InChI is InChI=1S/C16H11F3O3/c17-16(18,19)22-21-15(20)11-8-12-6-9-14(10-7-12)13-4-2-1-3-5-13/h1-11H. The summed E-state index contributed by atoms with van der Waals surface area (Å²) >= 11 is 0. The molecule has 0 saturated heterocycles. The first-order valence-electron chi connectivity index (χ1n) is 6.24. The third kappa shape index (κ3) is 5.06. The minimum atomic E-state index is -5.01. The van der Waals surface area contributed by atoms with Crippen molar-refractivity contribution >= 4 is 12.0 Å². The molecule has 0 aromatic heterocycles. The Hall–Kier alpha value is -2.60. The zero-order chi connectivity index (χ0) is 16.0. The van der Waals surface area contributed by atoms with Crippen LogP contribution in [0, 0.1) is 0 Å². The van der Waals surface area contributed by atoms with Gasteiger partial charge in [0.05, 0.1) is 0 Å². The zero-order valence-corrected chi connectivity index (χ0v) is 11.2. The van der Waals surface area contributed by atoms with E-state index < -0.39 is 12.3 Å². The molecule has 0 radical (unpaired) electrons. The van der Waals surface area contributed by atoms with E-state index >= 15 is 0 Å². The van der Waals surface area contributed by atoms with E-state index in [2.05, 4.69) is 9.78 Å². The molecule has 0 N–H and O–H groups in total. The van der Waals surface area contributed by atoms with Crippen LogP contribution in [-0.2, 0) is 14.6 Å². The Kier molecular flexibility index (Phi) is 4.95. The fraction of sp³-hybridized carbons (Fsp3) is 0.0625. The van der Waals surface area contributed by atoms with E-state index in [1.807, 2.05) is 42.5 Å². The maximum atomic E-state index is 11.7. The molecule has 2 aromatic rings. The van der Waals surface area contributed by atoms with Gasteiger partial charge in [0.15, 0.2) is 0 Å². The van der Waals surface area contributed by atoms with Crippen molar-refractivity contribution in [2.24, 2.45) is 0 Å². The number of carbonyl (C=O) groups excluding carboxylic acids is 1. The quantitative estimate of drug-likeness (QED) is 0.478. The molecule has 0 aliphatic heterocycles. The van der Waals surface area contributed by atoms with Gasteiger partial charge in [0, 0.05) is 6.08 Å². The highest BCUT2D eigenvalue weighted by molar-refractivity contribution is 5.86. The van der Waals surface area contributed by atoms with Crippen LogP contribution < -0.4 is 0 Å². The zero-order valence-electron chi connectivity index (χ0n) is 11.2. The van der Waals surface area contributed by atoms with E-state index in [4.69, 9.17) is 0 Å². The first-order valence-corrected chi connectivity index (χ1v) is 6.24. The van der Waals surface area contributed by atoms with Gasteiger partial charge < -0.3 is 0 Å². The second-order valence-electron chi connectivity index (χ2n) is 4.25. The molecule has 0 amide bonds. The van der Waals surface area contributed by atoms with Crippen LogP contribution in [0.4, 0.5) is 13.2 Å². The molecule has 3 nitrogen and oxygen atoms in total. The second-order valence-corrected chi connectivity index (χ2v) is 4.25. The predicted octanol–water partition coefficient (Wildman–Crippen LogP) is 4.36. The molecule has 114 valence electrons. The molecule has 0 atom stereocenters. The summed E-state index contributed by atoms with van der Waals surface area (Å²) in [7, 11) is 0. The Morgan fingerprint density at radius 3 is 2.09 bits per heavy atom. The highest BCUT2D eigenvalue weighted by Gasteiger charge is 2.32. The van der Waals surface area contributed by atoms with Gasteiger partial charge in [0.2, 0.25) is 0 Å². The van der Waals surface area contributed by atoms with Gasteiger partial charge in [-0.3, -0.25) is 4.89 Å². The van der Waals surface area contributed by atoms with Crippen LogP contribution >= 0.6 is 0 Å². The Labute approximate surface area is 124 Å². The lowest BCUT2D eigenvalue weighted by Crippen LogP contribution is -2.16. The number of alkyl halides is 3. The number of carbonyl (C=O) groups is 1. The van der Waals surface area contributed by atoms with E-state index in [1.54, 1.807) is 12.1 Å². The Morgan fingerprint density at radius 2 is 1.50 bits per heavy atom. The highest BCUT2D eigenvalue weighted by Crippen LogP contribution is 2.20. The molecule has 0 fully saturated rings. The molecule has 0 aliphatic carbocycles. The third-order valence-corrected chi connectivity index (χ3v) is 2.65. The minimum Gasteiger partial charge on any atom is -0.285 e. The maximum absolute atomic E-state index is 11.7. The molecule has 0 heterocycles. The SMILES string of the molecule is O=C(C=Cc1ccc(-c2ccccc2)cc1)OOC(F)(F)F. The van der Waals surface area contributed by atoms with Crippen LogP contribution in [0.2, 0.25) is 0 Å². The number of benzene rings is 2. The highest BCUT2D eigenvalue weighted by atomic mass is 19.4. The first-order chi connectivity index (χ1) is 10.4. The molecule has 2 aromatic carbocycles. The molecule has 0 spiro atoms. The van der Waals surface area contributed by atoms with Crippen molar-refractivity contribution in [2.75, 3.05) is 0 Å². The van der Waals surface area contributed by atoms with E-state index in [-0.39, 0.29) is 0 Å². The average molecular weight is 308 g/mol. The number of halogens is 3. The van der Waals surface area contributed by atoms with Gasteiger partial charge >= 0.3 is 12.3 Å². The fourth-order valence-electron chi connectivity index (χ4n) is 1.70. The van der Waals surface area contributed by atoms with Crippen molar-refractivity contribution in [1.29, 1.82) is 0 Å². The molecular formula is C16H11F3O3. The lowest BCUT2D eigenvalue weighted by atomic mass is 10.0. The lowest BCUT2D eigenvalue weighted by Gasteiger charge is -2.03. The summed E-state index contributed by atoms with van der Waals surface area (Å²) in [6, 6.07) is 16.8. The largest absolute Gasteiger partial charge is 0.558 e. The Bertz CT molecular complexity index is 647. The number of hydrogen-bond acceptors (Lipinski definition) is 3. The predicted molar refractivity (Wildman–Crippen MR) is 74.1 cm³/mol. The molecule has 0 bridgehead atoms. The summed E-state index contributed by atoms with van der Waals surface area (Å²) in [5.74, 6) is -1.25. The van der Waals surface area contributed by atoms with Crippen LogP contribution in [-0.4, -0.2) is 12.3 Å². The van der Waals surface area contributed by atoms with Crippen molar-refractivity contribution in [1.82, 2.24) is 0 Å². The van der Waals surface area contributed by atoms with Gasteiger partial charge in [-0.15, -0.1) is 13.2 Å². The number of hydrogen-bond donors (Lipinski definition) is 0. The molecule has 0 saturated carbocycles. The van der Waals surface area contributed by atoms with Gasteiger partial charge in [-0.25, -0.2) is 4.79 Å². The van der Waals surface area contributed by atoms with E-state index in [9.17, 15) is 18.0 Å². The van der Waals surface area contributed by atoms with Crippen molar-refractivity contribution in [2.45, 2.75) is 6.36 Å².